The molecule has 0 heterocycles. The topological polar surface area (TPSA) is 75.6 Å². The Labute approximate surface area is 106 Å². The number of carboxylic acids is 1. The number of ether oxygens (including phenoxy) is 1. The average Bonchev–Trinajstić information content (AvgIpc) is 2.36. The summed E-state index contributed by atoms with van der Waals surface area (Å²) in [6.45, 7) is 3.76. The molecule has 0 saturated carbocycles. The molecule has 1 aromatic rings. The lowest BCUT2D eigenvalue weighted by Gasteiger charge is -2.18. The molecule has 2 atom stereocenters. The van der Waals surface area contributed by atoms with E-state index in [2.05, 4.69) is 5.32 Å². The maximum Gasteiger partial charge on any atom is 0.330 e. The van der Waals surface area contributed by atoms with Crippen molar-refractivity contribution in [3.8, 4) is 0 Å². The molecule has 1 amide bonds. The van der Waals surface area contributed by atoms with Gasteiger partial charge in [-0.3, -0.25) is 4.79 Å². The van der Waals surface area contributed by atoms with Gasteiger partial charge in [-0.2, -0.15) is 0 Å². The summed E-state index contributed by atoms with van der Waals surface area (Å²) in [4.78, 5) is 22.9. The van der Waals surface area contributed by atoms with Gasteiger partial charge in [-0.1, -0.05) is 30.3 Å². The highest BCUT2D eigenvalue weighted by molar-refractivity contribution is 5.86. The Morgan fingerprint density at radius 2 is 1.94 bits per heavy atom. The standard InChI is InChI=1S/C13H17NO4/c1-3-18-9(2)12(15)14-11(13(16)17)10-7-5-4-6-8-10/h4-9,11H,3H2,1-2H3,(H,14,15)(H,16,17)/t9?,11-/m1/s1. The zero-order valence-electron chi connectivity index (χ0n) is 10.4. The average molecular weight is 251 g/mol. The quantitative estimate of drug-likeness (QED) is 0.800. The molecule has 0 saturated heterocycles. The second kappa shape index (κ2) is 6.76. The maximum absolute atomic E-state index is 11.7. The third-order valence-corrected chi connectivity index (χ3v) is 2.45. The fourth-order valence-electron chi connectivity index (χ4n) is 1.52. The van der Waals surface area contributed by atoms with Gasteiger partial charge in [0.25, 0.3) is 0 Å². The lowest BCUT2D eigenvalue weighted by molar-refractivity contribution is -0.144. The summed E-state index contributed by atoms with van der Waals surface area (Å²) in [7, 11) is 0. The van der Waals surface area contributed by atoms with E-state index in [0.29, 0.717) is 12.2 Å². The van der Waals surface area contributed by atoms with Gasteiger partial charge < -0.3 is 15.2 Å². The van der Waals surface area contributed by atoms with Crippen LogP contribution in [0, 0.1) is 0 Å². The van der Waals surface area contributed by atoms with Crippen molar-refractivity contribution in [1.82, 2.24) is 5.32 Å². The summed E-state index contributed by atoms with van der Waals surface area (Å²) >= 11 is 0. The molecule has 0 fully saturated rings. The molecule has 0 aliphatic carbocycles. The van der Waals surface area contributed by atoms with Crippen molar-refractivity contribution >= 4 is 11.9 Å². The van der Waals surface area contributed by atoms with E-state index < -0.39 is 24.0 Å². The number of carbonyl (C=O) groups is 2. The number of carboxylic acid groups (broad SMARTS) is 1. The van der Waals surface area contributed by atoms with Crippen LogP contribution in [0.2, 0.25) is 0 Å². The minimum absolute atomic E-state index is 0.400. The van der Waals surface area contributed by atoms with Crippen LogP contribution in [0.25, 0.3) is 0 Å². The van der Waals surface area contributed by atoms with E-state index >= 15 is 0 Å². The van der Waals surface area contributed by atoms with E-state index in [1.165, 1.54) is 0 Å². The van der Waals surface area contributed by atoms with Gasteiger partial charge in [0.05, 0.1) is 0 Å². The second-order valence-electron chi connectivity index (χ2n) is 3.79. The number of rotatable bonds is 6. The van der Waals surface area contributed by atoms with Crippen LogP contribution in [0.3, 0.4) is 0 Å². The summed E-state index contributed by atoms with van der Waals surface area (Å²) in [5, 5.41) is 11.6. The third kappa shape index (κ3) is 3.85. The molecule has 0 radical (unpaired) electrons. The number of nitrogens with one attached hydrogen (secondary N) is 1. The van der Waals surface area contributed by atoms with Gasteiger partial charge >= 0.3 is 5.97 Å². The Kier molecular flexibility index (Phi) is 5.32. The molecule has 5 heteroatoms. The summed E-state index contributed by atoms with van der Waals surface area (Å²) in [6, 6.07) is 7.50. The van der Waals surface area contributed by atoms with Crippen LogP contribution in [0.4, 0.5) is 0 Å². The molecule has 1 aromatic carbocycles. The molecule has 5 nitrogen and oxygen atoms in total. The normalized spacial score (nSPS) is 13.7. The Morgan fingerprint density at radius 1 is 1.33 bits per heavy atom. The third-order valence-electron chi connectivity index (χ3n) is 2.45. The maximum atomic E-state index is 11.7. The molecule has 0 spiro atoms. The first-order valence-corrected chi connectivity index (χ1v) is 5.76. The van der Waals surface area contributed by atoms with Crippen LogP contribution in [-0.2, 0) is 14.3 Å². The summed E-state index contributed by atoms with van der Waals surface area (Å²) < 4.78 is 5.12. The minimum atomic E-state index is -1.10. The first-order chi connectivity index (χ1) is 8.56. The molecule has 1 rings (SSSR count). The van der Waals surface area contributed by atoms with Crippen LogP contribution in [-0.4, -0.2) is 29.7 Å². The van der Waals surface area contributed by atoms with E-state index in [9.17, 15) is 9.59 Å². The molecule has 0 aromatic heterocycles. The van der Waals surface area contributed by atoms with Crippen LogP contribution >= 0.6 is 0 Å². The van der Waals surface area contributed by atoms with Crippen molar-refractivity contribution in [3.63, 3.8) is 0 Å². The summed E-state index contributed by atoms with van der Waals surface area (Å²) in [5.41, 5.74) is 0.530. The van der Waals surface area contributed by atoms with E-state index in [-0.39, 0.29) is 0 Å². The molecule has 1 unspecified atom stereocenters. The summed E-state index contributed by atoms with van der Waals surface area (Å²) in [6.07, 6.45) is -0.666. The van der Waals surface area contributed by atoms with Gasteiger partial charge in [0, 0.05) is 6.61 Å². The second-order valence-corrected chi connectivity index (χ2v) is 3.79. The summed E-state index contributed by atoms with van der Waals surface area (Å²) in [5.74, 6) is -1.54. The molecule has 2 N–H and O–H groups in total. The van der Waals surface area contributed by atoms with Gasteiger partial charge in [0.2, 0.25) is 5.91 Å². The number of hydrogen-bond acceptors (Lipinski definition) is 3. The number of hydrogen-bond donors (Lipinski definition) is 2. The molecule has 0 bridgehead atoms. The Hall–Kier alpha value is -1.88. The molecular weight excluding hydrogens is 234 g/mol. The van der Waals surface area contributed by atoms with Crippen molar-refractivity contribution in [2.24, 2.45) is 0 Å². The number of benzene rings is 1. The zero-order valence-corrected chi connectivity index (χ0v) is 10.4. The van der Waals surface area contributed by atoms with Crippen molar-refractivity contribution in [1.29, 1.82) is 0 Å². The molecule has 0 aliphatic heterocycles. The number of aliphatic carboxylic acids is 1. The highest BCUT2D eigenvalue weighted by Gasteiger charge is 2.24. The van der Waals surface area contributed by atoms with Crippen molar-refractivity contribution in [2.45, 2.75) is 26.0 Å². The largest absolute Gasteiger partial charge is 0.479 e. The van der Waals surface area contributed by atoms with E-state index in [1.54, 1.807) is 44.2 Å². The Morgan fingerprint density at radius 3 is 2.44 bits per heavy atom. The number of carbonyl (C=O) groups excluding carboxylic acids is 1. The fraction of sp³-hybridized carbons (Fsp3) is 0.385. The highest BCUT2D eigenvalue weighted by atomic mass is 16.5. The van der Waals surface area contributed by atoms with Crippen molar-refractivity contribution in [3.05, 3.63) is 35.9 Å². The zero-order chi connectivity index (χ0) is 13.5. The molecular formula is C13H17NO4. The van der Waals surface area contributed by atoms with Crippen LogP contribution in [0.5, 0.6) is 0 Å². The van der Waals surface area contributed by atoms with Crippen molar-refractivity contribution in [2.75, 3.05) is 6.61 Å². The molecule has 98 valence electrons. The van der Waals surface area contributed by atoms with E-state index in [4.69, 9.17) is 9.84 Å². The SMILES string of the molecule is CCOC(C)C(=O)N[C@@H](C(=O)O)c1ccccc1. The highest BCUT2D eigenvalue weighted by Crippen LogP contribution is 2.13. The van der Waals surface area contributed by atoms with Crippen LogP contribution in [0.15, 0.2) is 30.3 Å². The van der Waals surface area contributed by atoms with E-state index in [0.717, 1.165) is 0 Å². The fourth-order valence-corrected chi connectivity index (χ4v) is 1.52. The monoisotopic (exact) mass is 251 g/mol. The predicted molar refractivity (Wildman–Crippen MR) is 66.0 cm³/mol. The smallest absolute Gasteiger partial charge is 0.330 e. The van der Waals surface area contributed by atoms with Crippen molar-refractivity contribution < 1.29 is 19.4 Å². The van der Waals surface area contributed by atoms with Gasteiger partial charge in [0.1, 0.15) is 6.10 Å². The first-order valence-electron chi connectivity index (χ1n) is 5.76. The first kappa shape index (κ1) is 14.2. The van der Waals surface area contributed by atoms with Gasteiger partial charge in [-0.05, 0) is 19.4 Å². The Bertz CT molecular complexity index is 405. The minimum Gasteiger partial charge on any atom is -0.479 e. The lowest BCUT2D eigenvalue weighted by atomic mass is 10.1. The van der Waals surface area contributed by atoms with Gasteiger partial charge in [-0.15, -0.1) is 0 Å². The lowest BCUT2D eigenvalue weighted by Crippen LogP contribution is -2.40. The van der Waals surface area contributed by atoms with Gasteiger partial charge in [0.15, 0.2) is 6.04 Å². The van der Waals surface area contributed by atoms with Crippen LogP contribution < -0.4 is 5.32 Å². The Balaban J connectivity index is 2.76. The predicted octanol–water partition coefficient (Wildman–Crippen LogP) is 1.35. The molecule has 0 aliphatic rings. The number of amides is 1. The van der Waals surface area contributed by atoms with Gasteiger partial charge in [-0.25, -0.2) is 4.79 Å². The molecule has 18 heavy (non-hydrogen) atoms. The van der Waals surface area contributed by atoms with Crippen LogP contribution in [0.1, 0.15) is 25.5 Å². The van der Waals surface area contributed by atoms with E-state index in [1.807, 2.05) is 0 Å².